The number of aryl methyl sites for hydroxylation is 1. The van der Waals surface area contributed by atoms with E-state index in [1.807, 2.05) is 17.9 Å². The van der Waals surface area contributed by atoms with E-state index < -0.39 is 0 Å². The van der Waals surface area contributed by atoms with Gasteiger partial charge in [-0.3, -0.25) is 9.78 Å². The Hall–Kier alpha value is -3.13. The topological polar surface area (TPSA) is 75.4 Å². The molecule has 1 spiro atoms. The summed E-state index contributed by atoms with van der Waals surface area (Å²) in [7, 11) is 2.10. The smallest absolute Gasteiger partial charge is 0.255 e. The highest BCUT2D eigenvalue weighted by atomic mass is 19.1. The van der Waals surface area contributed by atoms with Gasteiger partial charge in [0.15, 0.2) is 0 Å². The lowest BCUT2D eigenvalue weighted by Gasteiger charge is -2.27. The molecule has 0 bridgehead atoms. The number of carbonyl (C=O) groups excluding carboxylic acids is 1. The van der Waals surface area contributed by atoms with Crippen molar-refractivity contribution in [2.45, 2.75) is 19.3 Å². The second kappa shape index (κ2) is 7.53. The van der Waals surface area contributed by atoms with Crippen LogP contribution in [0.4, 0.5) is 4.39 Å². The van der Waals surface area contributed by atoms with Gasteiger partial charge in [-0.2, -0.15) is 4.98 Å². The first-order valence-corrected chi connectivity index (χ1v) is 10.4. The van der Waals surface area contributed by atoms with E-state index in [1.54, 1.807) is 24.5 Å². The Kier molecular flexibility index (Phi) is 4.81. The van der Waals surface area contributed by atoms with E-state index in [0.29, 0.717) is 35.9 Å². The van der Waals surface area contributed by atoms with Crippen molar-refractivity contribution in [2.75, 3.05) is 33.2 Å². The molecule has 160 valence electrons. The van der Waals surface area contributed by atoms with Crippen LogP contribution in [0.2, 0.25) is 0 Å². The summed E-state index contributed by atoms with van der Waals surface area (Å²) in [6.45, 7) is 4.92. The molecule has 31 heavy (non-hydrogen) atoms. The summed E-state index contributed by atoms with van der Waals surface area (Å²) in [4.78, 5) is 26.2. The molecule has 0 N–H and O–H groups in total. The number of benzene rings is 1. The van der Waals surface area contributed by atoms with Gasteiger partial charge in [0, 0.05) is 43.0 Å². The largest absolute Gasteiger partial charge is 0.339 e. The molecule has 0 radical (unpaired) electrons. The van der Waals surface area contributed by atoms with Gasteiger partial charge < -0.3 is 14.3 Å². The fourth-order valence-electron chi connectivity index (χ4n) is 4.93. The van der Waals surface area contributed by atoms with E-state index in [1.165, 1.54) is 12.1 Å². The van der Waals surface area contributed by atoms with Gasteiger partial charge in [0.05, 0.1) is 11.5 Å². The minimum atomic E-state index is -0.309. The van der Waals surface area contributed by atoms with Gasteiger partial charge in [-0.25, -0.2) is 4.39 Å². The third-order valence-corrected chi connectivity index (χ3v) is 6.48. The third-order valence-electron chi connectivity index (χ3n) is 6.48. The number of likely N-dealkylation sites (tertiary alicyclic amines) is 2. The minimum absolute atomic E-state index is 0.0223. The Labute approximate surface area is 179 Å². The zero-order valence-electron chi connectivity index (χ0n) is 17.6. The molecular formula is C23H24FN5O2. The molecule has 5 rings (SSSR count). The summed E-state index contributed by atoms with van der Waals surface area (Å²) in [5, 5.41) is 4.14. The average Bonchev–Trinajstić information content (AvgIpc) is 3.47. The zero-order valence-corrected chi connectivity index (χ0v) is 17.6. The number of nitrogens with zero attached hydrogens (tertiary/aromatic N) is 5. The second-order valence-electron chi connectivity index (χ2n) is 8.80. The van der Waals surface area contributed by atoms with Crippen LogP contribution >= 0.6 is 0 Å². The van der Waals surface area contributed by atoms with E-state index in [0.717, 1.165) is 25.1 Å². The van der Waals surface area contributed by atoms with Gasteiger partial charge in [-0.05, 0) is 62.8 Å². The maximum atomic E-state index is 13.3. The molecule has 2 aliphatic heterocycles. The number of aromatic nitrogens is 3. The molecule has 7 nitrogen and oxygen atoms in total. The van der Waals surface area contributed by atoms with Crippen LogP contribution in [-0.4, -0.2) is 64.1 Å². The molecule has 1 aromatic carbocycles. The van der Waals surface area contributed by atoms with Gasteiger partial charge in [-0.1, -0.05) is 5.16 Å². The highest BCUT2D eigenvalue weighted by Crippen LogP contribution is 2.48. The SMILES string of the molecule is Cc1cncc(C(=O)N2C[C@@H](c3nc(-c4ccc(F)cc4)no3)[C@]3(CCN(C)C3)C2)c1. The highest BCUT2D eigenvalue weighted by Gasteiger charge is 2.53. The van der Waals surface area contributed by atoms with Crippen LogP contribution in [0.5, 0.6) is 0 Å². The zero-order chi connectivity index (χ0) is 21.6. The molecule has 0 unspecified atom stereocenters. The van der Waals surface area contributed by atoms with Crippen LogP contribution in [0.1, 0.15) is 34.2 Å². The maximum absolute atomic E-state index is 13.3. The number of carbonyl (C=O) groups is 1. The Morgan fingerprint density at radius 2 is 2.03 bits per heavy atom. The van der Waals surface area contributed by atoms with Crippen LogP contribution < -0.4 is 0 Å². The van der Waals surface area contributed by atoms with Gasteiger partial charge in [-0.15, -0.1) is 0 Å². The highest BCUT2D eigenvalue weighted by molar-refractivity contribution is 5.94. The van der Waals surface area contributed by atoms with Crippen LogP contribution in [-0.2, 0) is 0 Å². The summed E-state index contributed by atoms with van der Waals surface area (Å²) in [5.74, 6) is 0.583. The van der Waals surface area contributed by atoms with E-state index >= 15 is 0 Å². The third kappa shape index (κ3) is 3.61. The van der Waals surface area contributed by atoms with Crippen LogP contribution in [0.15, 0.2) is 47.2 Å². The van der Waals surface area contributed by atoms with Crippen molar-refractivity contribution in [1.82, 2.24) is 24.9 Å². The summed E-state index contributed by atoms with van der Waals surface area (Å²) in [6.07, 6.45) is 4.32. The summed E-state index contributed by atoms with van der Waals surface area (Å²) < 4.78 is 18.9. The molecule has 2 saturated heterocycles. The van der Waals surface area contributed by atoms with E-state index in [4.69, 9.17) is 4.52 Å². The van der Waals surface area contributed by atoms with Crippen molar-refractivity contribution >= 4 is 5.91 Å². The molecule has 4 heterocycles. The number of hydrogen-bond donors (Lipinski definition) is 0. The summed E-state index contributed by atoms with van der Waals surface area (Å²) in [6, 6.07) is 7.90. The number of pyridine rings is 1. The molecule has 2 aliphatic rings. The van der Waals surface area contributed by atoms with E-state index in [2.05, 4.69) is 27.1 Å². The molecule has 2 fully saturated rings. The second-order valence-corrected chi connectivity index (χ2v) is 8.80. The number of hydrogen-bond acceptors (Lipinski definition) is 6. The molecule has 0 saturated carbocycles. The van der Waals surface area contributed by atoms with Gasteiger partial charge >= 0.3 is 0 Å². The van der Waals surface area contributed by atoms with E-state index in [-0.39, 0.29) is 23.1 Å². The Bertz CT molecular complexity index is 1120. The Balaban J connectivity index is 1.45. The molecule has 0 aliphatic carbocycles. The van der Waals surface area contributed by atoms with Gasteiger partial charge in [0.2, 0.25) is 11.7 Å². The fraction of sp³-hybridized carbons (Fsp3) is 0.391. The van der Waals surface area contributed by atoms with Crippen molar-refractivity contribution in [1.29, 1.82) is 0 Å². The number of amides is 1. The van der Waals surface area contributed by atoms with E-state index in [9.17, 15) is 9.18 Å². The van der Waals surface area contributed by atoms with Crippen LogP contribution in [0, 0.1) is 18.2 Å². The quantitative estimate of drug-likeness (QED) is 0.647. The van der Waals surface area contributed by atoms with Crippen molar-refractivity contribution < 1.29 is 13.7 Å². The molecule has 3 aromatic rings. The lowest BCUT2D eigenvalue weighted by Crippen LogP contribution is -2.34. The first kappa shape index (κ1) is 19.8. The standard InChI is InChI=1S/C23H24FN5O2/c1-15-9-17(11-25-10-15)22(30)29-12-19(23(14-29)7-8-28(2)13-23)21-26-20(27-31-21)16-3-5-18(24)6-4-16/h3-6,9-11,19H,7-8,12-14H2,1-2H3/t19-,23-/m0/s1. The molecule has 2 aromatic heterocycles. The molecular weight excluding hydrogens is 397 g/mol. The fourth-order valence-corrected chi connectivity index (χ4v) is 4.93. The summed E-state index contributed by atoms with van der Waals surface area (Å²) in [5.41, 5.74) is 2.12. The lowest BCUT2D eigenvalue weighted by molar-refractivity contribution is 0.0773. The molecule has 1 amide bonds. The lowest BCUT2D eigenvalue weighted by atomic mass is 9.77. The molecule has 2 atom stereocenters. The summed E-state index contributed by atoms with van der Waals surface area (Å²) >= 11 is 0. The van der Waals surface area contributed by atoms with Crippen LogP contribution in [0.25, 0.3) is 11.4 Å². The van der Waals surface area contributed by atoms with Crippen molar-refractivity contribution in [3.05, 3.63) is 65.6 Å². The predicted octanol–water partition coefficient (Wildman–Crippen LogP) is 3.14. The number of halogens is 1. The molecule has 8 heteroatoms. The number of rotatable bonds is 3. The van der Waals surface area contributed by atoms with Crippen LogP contribution in [0.3, 0.4) is 0 Å². The van der Waals surface area contributed by atoms with Crippen molar-refractivity contribution in [2.24, 2.45) is 5.41 Å². The average molecular weight is 421 g/mol. The van der Waals surface area contributed by atoms with Crippen molar-refractivity contribution in [3.8, 4) is 11.4 Å². The normalized spacial score (nSPS) is 23.7. The maximum Gasteiger partial charge on any atom is 0.255 e. The first-order chi connectivity index (χ1) is 14.9. The monoisotopic (exact) mass is 421 g/mol. The minimum Gasteiger partial charge on any atom is -0.339 e. The Morgan fingerprint density at radius 3 is 2.74 bits per heavy atom. The van der Waals surface area contributed by atoms with Crippen molar-refractivity contribution in [3.63, 3.8) is 0 Å². The van der Waals surface area contributed by atoms with Gasteiger partial charge in [0.1, 0.15) is 5.82 Å². The predicted molar refractivity (Wildman–Crippen MR) is 112 cm³/mol. The first-order valence-electron chi connectivity index (χ1n) is 10.4. The van der Waals surface area contributed by atoms with Gasteiger partial charge in [0.25, 0.3) is 5.91 Å². The Morgan fingerprint density at radius 1 is 1.23 bits per heavy atom.